The number of rotatable bonds is 1. The van der Waals surface area contributed by atoms with Crippen molar-refractivity contribution in [1.82, 2.24) is 14.7 Å². The Balaban J connectivity index is 2.45. The van der Waals surface area contributed by atoms with Crippen LogP contribution in [0.4, 0.5) is 0 Å². The van der Waals surface area contributed by atoms with E-state index >= 15 is 0 Å². The molecule has 1 aliphatic rings. The fourth-order valence-corrected chi connectivity index (χ4v) is 1.77. The Bertz CT molecular complexity index is 666. The van der Waals surface area contributed by atoms with Gasteiger partial charge < -0.3 is 9.64 Å². The summed E-state index contributed by atoms with van der Waals surface area (Å²) in [5, 5.41) is 11.6. The highest BCUT2D eigenvalue weighted by Crippen LogP contribution is 2.26. The van der Waals surface area contributed by atoms with Crippen LogP contribution in [-0.4, -0.2) is 33.9 Å². The third-order valence-corrected chi connectivity index (χ3v) is 3.31. The molecule has 0 radical (unpaired) electrons. The Labute approximate surface area is 111 Å². The monoisotopic (exact) mass is 260 g/mol. The molecule has 0 spiro atoms. The molecule has 0 amide bonds. The standard InChI is InChI=1S/C13H16N4O2/c1-13(2)8-19-11(16(13)3)6-5-9-10(7-14)15-17(4)12(9)18/h5,15H,8H2,1-4H3. The van der Waals surface area contributed by atoms with Crippen LogP contribution >= 0.6 is 0 Å². The number of likely N-dealkylation sites (N-methyl/N-ethyl adjacent to an activating group) is 1. The van der Waals surface area contributed by atoms with Gasteiger partial charge in [-0.15, -0.1) is 0 Å². The van der Waals surface area contributed by atoms with E-state index in [1.54, 1.807) is 7.05 Å². The number of aromatic amines is 1. The normalized spacial score (nSPS) is 16.8. The van der Waals surface area contributed by atoms with Crippen molar-refractivity contribution in [3.05, 3.63) is 33.2 Å². The molecule has 1 N–H and O–H groups in total. The van der Waals surface area contributed by atoms with E-state index in [9.17, 15) is 4.79 Å². The van der Waals surface area contributed by atoms with Crippen LogP contribution in [-0.2, 0) is 11.8 Å². The smallest absolute Gasteiger partial charge is 0.275 e. The van der Waals surface area contributed by atoms with Crippen molar-refractivity contribution >= 4 is 6.08 Å². The first-order valence-corrected chi connectivity index (χ1v) is 5.89. The molecule has 19 heavy (non-hydrogen) atoms. The highest BCUT2D eigenvalue weighted by Gasteiger charge is 2.33. The van der Waals surface area contributed by atoms with E-state index < -0.39 is 0 Å². The first-order chi connectivity index (χ1) is 8.86. The zero-order chi connectivity index (χ0) is 14.2. The highest BCUT2D eigenvalue weighted by atomic mass is 16.5. The van der Waals surface area contributed by atoms with Gasteiger partial charge in [-0.05, 0) is 13.8 Å². The van der Waals surface area contributed by atoms with E-state index in [1.807, 2.05) is 18.0 Å². The van der Waals surface area contributed by atoms with Gasteiger partial charge in [-0.25, -0.2) is 0 Å². The van der Waals surface area contributed by atoms with Gasteiger partial charge in [0.05, 0.1) is 11.1 Å². The van der Waals surface area contributed by atoms with Gasteiger partial charge >= 0.3 is 0 Å². The van der Waals surface area contributed by atoms with Gasteiger partial charge in [-0.3, -0.25) is 14.6 Å². The summed E-state index contributed by atoms with van der Waals surface area (Å²) in [6.45, 7) is 4.67. The number of aromatic nitrogens is 2. The van der Waals surface area contributed by atoms with Crippen LogP contribution < -0.4 is 5.56 Å². The number of nitrogens with zero attached hydrogens (tertiary/aromatic N) is 3. The maximum absolute atomic E-state index is 11.8. The lowest BCUT2D eigenvalue weighted by Gasteiger charge is -2.24. The molecule has 2 rings (SSSR count). The molecule has 1 fully saturated rings. The maximum atomic E-state index is 11.8. The van der Waals surface area contributed by atoms with Crippen LogP contribution in [0.25, 0.3) is 6.08 Å². The van der Waals surface area contributed by atoms with Crippen molar-refractivity contribution in [2.45, 2.75) is 19.4 Å². The van der Waals surface area contributed by atoms with Crippen LogP contribution in [0.1, 0.15) is 25.1 Å². The van der Waals surface area contributed by atoms with Crippen LogP contribution in [0.3, 0.4) is 0 Å². The Kier molecular flexibility index (Phi) is 3.01. The first kappa shape index (κ1) is 13.1. The van der Waals surface area contributed by atoms with Gasteiger partial charge in [0.15, 0.2) is 0 Å². The summed E-state index contributed by atoms with van der Waals surface area (Å²) in [5.74, 6) is 0.567. The van der Waals surface area contributed by atoms with Crippen molar-refractivity contribution in [3.8, 4) is 6.07 Å². The van der Waals surface area contributed by atoms with E-state index in [-0.39, 0.29) is 16.8 Å². The fourth-order valence-electron chi connectivity index (χ4n) is 1.77. The van der Waals surface area contributed by atoms with E-state index in [4.69, 9.17) is 10.00 Å². The van der Waals surface area contributed by atoms with Gasteiger partial charge in [-0.1, -0.05) is 5.73 Å². The van der Waals surface area contributed by atoms with E-state index in [0.717, 1.165) is 0 Å². The van der Waals surface area contributed by atoms with Gasteiger partial charge in [0.25, 0.3) is 5.56 Å². The highest BCUT2D eigenvalue weighted by molar-refractivity contribution is 5.54. The Morgan fingerprint density at radius 2 is 2.16 bits per heavy atom. The number of nitrogens with one attached hydrogen (secondary N) is 1. The summed E-state index contributed by atoms with van der Waals surface area (Å²) in [5.41, 5.74) is 3.10. The molecule has 0 unspecified atom stereocenters. The molecule has 0 atom stereocenters. The fraction of sp³-hybridized carbons (Fsp3) is 0.462. The second-order valence-corrected chi connectivity index (χ2v) is 5.13. The summed E-state index contributed by atoms with van der Waals surface area (Å²) < 4.78 is 6.78. The Morgan fingerprint density at radius 1 is 1.47 bits per heavy atom. The lowest BCUT2D eigenvalue weighted by atomic mass is 10.1. The molecule has 1 saturated heterocycles. The summed E-state index contributed by atoms with van der Waals surface area (Å²) in [6.07, 6.45) is 1.49. The SMILES string of the molecule is CN1C(=C=Cc2c(C#N)[nH]n(C)c2=O)OCC1(C)C. The van der Waals surface area contributed by atoms with Crippen molar-refractivity contribution in [1.29, 1.82) is 5.26 Å². The second-order valence-electron chi connectivity index (χ2n) is 5.13. The van der Waals surface area contributed by atoms with Crippen LogP contribution in [0.5, 0.6) is 0 Å². The number of hydrogen-bond acceptors (Lipinski definition) is 4. The van der Waals surface area contributed by atoms with E-state index in [0.29, 0.717) is 18.1 Å². The van der Waals surface area contributed by atoms with Gasteiger partial charge in [0, 0.05) is 20.2 Å². The van der Waals surface area contributed by atoms with Gasteiger partial charge in [0.1, 0.15) is 18.4 Å². The summed E-state index contributed by atoms with van der Waals surface area (Å²) in [6, 6.07) is 1.95. The maximum Gasteiger partial charge on any atom is 0.275 e. The second kappa shape index (κ2) is 4.38. The van der Waals surface area contributed by atoms with E-state index in [2.05, 4.69) is 24.7 Å². The topological polar surface area (TPSA) is 74.0 Å². The predicted molar refractivity (Wildman–Crippen MR) is 70.0 cm³/mol. The molecule has 0 aromatic carbocycles. The predicted octanol–water partition coefficient (Wildman–Crippen LogP) is 0.779. The lowest BCUT2D eigenvalue weighted by molar-refractivity contribution is 0.237. The molecule has 6 heteroatoms. The summed E-state index contributed by atoms with van der Waals surface area (Å²) >= 11 is 0. The third kappa shape index (κ3) is 2.16. The number of H-pyrrole nitrogens is 1. The van der Waals surface area contributed by atoms with Gasteiger partial charge in [0.2, 0.25) is 5.88 Å². The van der Waals surface area contributed by atoms with Crippen molar-refractivity contribution in [3.63, 3.8) is 0 Å². The van der Waals surface area contributed by atoms with Crippen molar-refractivity contribution in [2.75, 3.05) is 13.7 Å². The zero-order valence-corrected chi connectivity index (χ0v) is 11.4. The molecule has 0 aliphatic carbocycles. The Morgan fingerprint density at radius 3 is 2.68 bits per heavy atom. The zero-order valence-electron chi connectivity index (χ0n) is 11.4. The number of hydrogen-bond donors (Lipinski definition) is 1. The van der Waals surface area contributed by atoms with Crippen LogP contribution in [0, 0.1) is 11.3 Å². The van der Waals surface area contributed by atoms with Crippen LogP contribution in [0.15, 0.2) is 16.4 Å². The van der Waals surface area contributed by atoms with Crippen LogP contribution in [0.2, 0.25) is 0 Å². The van der Waals surface area contributed by atoms with Crippen molar-refractivity contribution < 1.29 is 4.74 Å². The summed E-state index contributed by atoms with van der Waals surface area (Å²) in [4.78, 5) is 13.8. The third-order valence-electron chi connectivity index (χ3n) is 3.31. The van der Waals surface area contributed by atoms with E-state index in [1.165, 1.54) is 10.8 Å². The summed E-state index contributed by atoms with van der Waals surface area (Å²) in [7, 11) is 3.47. The average Bonchev–Trinajstić information content (AvgIpc) is 2.78. The molecule has 1 aromatic heterocycles. The quantitative estimate of drug-likeness (QED) is 0.757. The lowest BCUT2D eigenvalue weighted by Crippen LogP contribution is -2.35. The first-order valence-electron chi connectivity index (χ1n) is 5.89. The molecule has 0 saturated carbocycles. The van der Waals surface area contributed by atoms with Crippen molar-refractivity contribution in [2.24, 2.45) is 7.05 Å². The minimum atomic E-state index is -0.260. The molecule has 6 nitrogen and oxygen atoms in total. The largest absolute Gasteiger partial charge is 0.471 e. The average molecular weight is 260 g/mol. The molecule has 1 aromatic rings. The molecule has 1 aliphatic heterocycles. The molecule has 100 valence electrons. The Hall–Kier alpha value is -2.38. The minimum absolute atomic E-state index is 0.0999. The molecular weight excluding hydrogens is 244 g/mol. The minimum Gasteiger partial charge on any atom is -0.471 e. The molecular formula is C13H16N4O2. The number of ether oxygens (including phenoxy) is 1. The van der Waals surface area contributed by atoms with Gasteiger partial charge in [-0.2, -0.15) is 5.26 Å². The molecule has 2 heterocycles. The number of aryl methyl sites for hydroxylation is 1. The number of nitriles is 1. The molecule has 0 bridgehead atoms.